The summed E-state index contributed by atoms with van der Waals surface area (Å²) in [4.78, 5) is 37.8. The Labute approximate surface area is 436 Å². The fraction of sp³-hybridized carbons (Fsp3) is 0.585. The third kappa shape index (κ3) is 56.1. The number of ether oxygens (including phenoxy) is 3. The van der Waals surface area contributed by atoms with Crippen LogP contribution in [-0.4, -0.2) is 37.2 Å². The van der Waals surface area contributed by atoms with Gasteiger partial charge in [0.2, 0.25) is 0 Å². The maximum absolute atomic E-state index is 12.8. The van der Waals surface area contributed by atoms with Gasteiger partial charge in [0.05, 0.1) is 0 Å². The van der Waals surface area contributed by atoms with Crippen LogP contribution in [0.1, 0.15) is 226 Å². The number of allylic oxidation sites excluding steroid dienone is 24. The number of carbonyl (C=O) groups excluding carboxylic acids is 3. The maximum atomic E-state index is 12.8. The van der Waals surface area contributed by atoms with E-state index in [0.717, 1.165) is 161 Å². The molecule has 0 saturated heterocycles. The van der Waals surface area contributed by atoms with Crippen LogP contribution in [-0.2, 0) is 28.6 Å². The van der Waals surface area contributed by atoms with Gasteiger partial charge in [-0.15, -0.1) is 0 Å². The van der Waals surface area contributed by atoms with Gasteiger partial charge in [0.15, 0.2) is 6.10 Å². The van der Waals surface area contributed by atoms with Gasteiger partial charge in [0.1, 0.15) is 13.2 Å². The third-order valence-corrected chi connectivity index (χ3v) is 11.3. The lowest BCUT2D eigenvalue weighted by Gasteiger charge is -2.18. The first-order valence-corrected chi connectivity index (χ1v) is 28.3. The minimum absolute atomic E-state index is 0.101. The minimum Gasteiger partial charge on any atom is -0.462 e. The Morgan fingerprint density at radius 1 is 0.296 bits per heavy atom. The zero-order chi connectivity index (χ0) is 51.4. The Morgan fingerprint density at radius 2 is 0.549 bits per heavy atom. The highest BCUT2D eigenvalue weighted by Crippen LogP contribution is 2.13. The lowest BCUT2D eigenvalue weighted by Crippen LogP contribution is -2.30. The van der Waals surface area contributed by atoms with E-state index in [-0.39, 0.29) is 37.5 Å². The van der Waals surface area contributed by atoms with E-state index in [1.165, 1.54) is 25.7 Å². The number of carbonyl (C=O) groups is 3. The van der Waals surface area contributed by atoms with E-state index < -0.39 is 6.10 Å². The van der Waals surface area contributed by atoms with Gasteiger partial charge in [0.25, 0.3) is 0 Å². The molecule has 1 atom stereocenters. The Bertz CT molecular complexity index is 1590. The SMILES string of the molecule is CC/C=C\C/C=C\C/C=C\C/C=C\C/C=C\C/C=C\C/C=C\CCCCCCCCCC(=O)OCC(COC(=O)CCCCCCC)OC(=O)CCCCC/C=C\C/C=C\C/C=C\C/C=C\C/C=C\CC. The smallest absolute Gasteiger partial charge is 0.306 e. The summed E-state index contributed by atoms with van der Waals surface area (Å²) in [5.74, 6) is -0.968. The van der Waals surface area contributed by atoms with Crippen LogP contribution in [0.4, 0.5) is 0 Å². The first-order valence-electron chi connectivity index (χ1n) is 28.3. The average Bonchev–Trinajstić information content (AvgIpc) is 3.37. The molecule has 0 rings (SSSR count). The third-order valence-electron chi connectivity index (χ3n) is 11.3. The van der Waals surface area contributed by atoms with Crippen LogP contribution < -0.4 is 0 Å². The summed E-state index contributed by atoms with van der Waals surface area (Å²) in [6.07, 6.45) is 83.1. The van der Waals surface area contributed by atoms with Gasteiger partial charge in [-0.05, 0) is 122 Å². The molecule has 6 heteroatoms. The van der Waals surface area contributed by atoms with Crippen molar-refractivity contribution in [1.29, 1.82) is 0 Å². The predicted octanol–water partition coefficient (Wildman–Crippen LogP) is 19.2. The molecule has 0 spiro atoms. The van der Waals surface area contributed by atoms with Crippen LogP contribution in [0.5, 0.6) is 0 Å². The first-order chi connectivity index (χ1) is 35.0. The molecule has 71 heavy (non-hydrogen) atoms. The van der Waals surface area contributed by atoms with E-state index in [9.17, 15) is 14.4 Å². The summed E-state index contributed by atoms with van der Waals surface area (Å²) in [5.41, 5.74) is 0. The number of unbranched alkanes of at least 4 members (excludes halogenated alkanes) is 14. The van der Waals surface area contributed by atoms with Crippen molar-refractivity contribution in [2.45, 2.75) is 232 Å². The van der Waals surface area contributed by atoms with Crippen LogP contribution >= 0.6 is 0 Å². The van der Waals surface area contributed by atoms with Gasteiger partial charge in [-0.2, -0.15) is 0 Å². The molecule has 0 aromatic carbocycles. The van der Waals surface area contributed by atoms with Crippen molar-refractivity contribution in [1.82, 2.24) is 0 Å². The van der Waals surface area contributed by atoms with Crippen molar-refractivity contribution in [3.05, 3.63) is 146 Å². The molecule has 398 valence electrons. The zero-order valence-electron chi connectivity index (χ0n) is 45.4. The van der Waals surface area contributed by atoms with Crippen LogP contribution in [0.25, 0.3) is 0 Å². The Balaban J connectivity index is 4.21. The lowest BCUT2D eigenvalue weighted by molar-refractivity contribution is -0.167. The van der Waals surface area contributed by atoms with Gasteiger partial charge in [-0.25, -0.2) is 0 Å². The fourth-order valence-corrected chi connectivity index (χ4v) is 7.15. The zero-order valence-corrected chi connectivity index (χ0v) is 45.4. The van der Waals surface area contributed by atoms with Crippen molar-refractivity contribution < 1.29 is 28.6 Å². The Hall–Kier alpha value is -4.71. The largest absolute Gasteiger partial charge is 0.462 e. The van der Waals surface area contributed by atoms with Crippen LogP contribution in [0.3, 0.4) is 0 Å². The molecule has 0 saturated carbocycles. The summed E-state index contributed by atoms with van der Waals surface area (Å²) in [7, 11) is 0. The molecule has 0 N–H and O–H groups in total. The van der Waals surface area contributed by atoms with Crippen molar-refractivity contribution in [3.8, 4) is 0 Å². The lowest BCUT2D eigenvalue weighted by atomic mass is 10.1. The van der Waals surface area contributed by atoms with Gasteiger partial charge < -0.3 is 14.2 Å². The van der Waals surface area contributed by atoms with Crippen molar-refractivity contribution in [2.75, 3.05) is 13.2 Å². The summed E-state index contributed by atoms with van der Waals surface area (Å²) in [6, 6.07) is 0. The Kier molecular flexibility index (Phi) is 54.0. The highest BCUT2D eigenvalue weighted by Gasteiger charge is 2.19. The molecular formula is C65H102O6. The molecule has 0 aliphatic carbocycles. The van der Waals surface area contributed by atoms with E-state index >= 15 is 0 Å². The first kappa shape index (κ1) is 66.3. The van der Waals surface area contributed by atoms with E-state index in [1.54, 1.807) is 0 Å². The normalized spacial score (nSPS) is 13.2. The van der Waals surface area contributed by atoms with Gasteiger partial charge in [-0.3, -0.25) is 14.4 Å². The van der Waals surface area contributed by atoms with E-state index in [1.807, 2.05) is 0 Å². The number of hydrogen-bond acceptors (Lipinski definition) is 6. The molecule has 0 aliphatic rings. The number of esters is 3. The van der Waals surface area contributed by atoms with Crippen LogP contribution in [0.15, 0.2) is 146 Å². The average molecular weight is 980 g/mol. The molecule has 0 amide bonds. The number of hydrogen-bond donors (Lipinski definition) is 0. The van der Waals surface area contributed by atoms with Crippen molar-refractivity contribution in [2.24, 2.45) is 0 Å². The van der Waals surface area contributed by atoms with Gasteiger partial charge in [-0.1, -0.05) is 231 Å². The predicted molar refractivity (Wildman–Crippen MR) is 306 cm³/mol. The molecule has 0 bridgehead atoms. The second-order valence-electron chi connectivity index (χ2n) is 18.1. The maximum Gasteiger partial charge on any atom is 0.306 e. The van der Waals surface area contributed by atoms with E-state index in [0.29, 0.717) is 12.8 Å². The topological polar surface area (TPSA) is 78.9 Å². The summed E-state index contributed by atoms with van der Waals surface area (Å²) >= 11 is 0. The molecule has 0 fully saturated rings. The summed E-state index contributed by atoms with van der Waals surface area (Å²) < 4.78 is 16.7. The summed E-state index contributed by atoms with van der Waals surface area (Å²) in [6.45, 7) is 6.27. The van der Waals surface area contributed by atoms with E-state index in [2.05, 4.69) is 167 Å². The second kappa shape index (κ2) is 57.9. The molecular weight excluding hydrogens is 877 g/mol. The quantitative estimate of drug-likeness (QED) is 0.0262. The molecule has 0 aromatic rings. The van der Waals surface area contributed by atoms with E-state index in [4.69, 9.17) is 14.2 Å². The second-order valence-corrected chi connectivity index (χ2v) is 18.1. The highest BCUT2D eigenvalue weighted by molar-refractivity contribution is 5.71. The van der Waals surface area contributed by atoms with Crippen molar-refractivity contribution >= 4 is 17.9 Å². The standard InChI is InChI=1S/C65H102O6/c1-4-7-10-13-15-17-19-21-23-25-27-28-29-30-31-32-33-34-35-36-38-39-41-43-45-47-49-52-55-58-64(67)70-61-62(60-69-63(66)57-54-51-12-9-6-3)71-65(68)59-56-53-50-48-46-44-42-40-37-26-24-22-20-18-16-14-11-8-5-2/h7-8,10-11,15-18,21-24,27-28,30-31,33-34,36-38,40,44,46,62H,4-6,9,12-14,19-20,25-26,29,32,35,39,41-43,45,47-61H2,1-3H3/b10-7-,11-8-,17-15-,18-16-,23-21-,24-22-,28-27-,31-30-,34-33-,38-36-,40-37-,46-44-. The minimum atomic E-state index is -0.802. The molecule has 0 heterocycles. The monoisotopic (exact) mass is 979 g/mol. The molecule has 0 aliphatic heterocycles. The molecule has 1 unspecified atom stereocenters. The fourth-order valence-electron chi connectivity index (χ4n) is 7.15. The van der Waals surface area contributed by atoms with Crippen molar-refractivity contribution in [3.63, 3.8) is 0 Å². The summed E-state index contributed by atoms with van der Waals surface area (Å²) in [5, 5.41) is 0. The van der Waals surface area contributed by atoms with Crippen LogP contribution in [0.2, 0.25) is 0 Å². The number of rotatable bonds is 49. The Morgan fingerprint density at radius 3 is 0.873 bits per heavy atom. The molecule has 0 aromatic heterocycles. The van der Waals surface area contributed by atoms with Crippen LogP contribution in [0, 0.1) is 0 Å². The highest BCUT2D eigenvalue weighted by atomic mass is 16.6. The molecule has 0 radical (unpaired) electrons. The van der Waals surface area contributed by atoms with Gasteiger partial charge in [0, 0.05) is 19.3 Å². The van der Waals surface area contributed by atoms with Gasteiger partial charge >= 0.3 is 17.9 Å². The molecule has 6 nitrogen and oxygen atoms in total.